The van der Waals surface area contributed by atoms with E-state index in [1.807, 2.05) is 18.2 Å². The van der Waals surface area contributed by atoms with Gasteiger partial charge in [0, 0.05) is 48.7 Å². The smallest absolute Gasteiger partial charge is 0.328 e. The van der Waals surface area contributed by atoms with Crippen LogP contribution in [-0.2, 0) is 17.8 Å². The first-order chi connectivity index (χ1) is 13.2. The van der Waals surface area contributed by atoms with Crippen LogP contribution in [0.4, 0.5) is 0 Å². The molecule has 0 fully saturated rings. The van der Waals surface area contributed by atoms with E-state index >= 15 is 0 Å². The topological polar surface area (TPSA) is 63.5 Å². The van der Waals surface area contributed by atoms with Gasteiger partial charge in [-0.2, -0.15) is 0 Å². The first-order valence-electron chi connectivity index (χ1n) is 9.08. The molecule has 0 amide bonds. The van der Waals surface area contributed by atoms with Crippen molar-refractivity contribution in [2.24, 2.45) is 0 Å². The highest BCUT2D eigenvalue weighted by Crippen LogP contribution is 2.32. The van der Waals surface area contributed by atoms with Crippen molar-refractivity contribution in [1.29, 1.82) is 0 Å². The molecule has 0 bridgehead atoms. The molecule has 0 spiro atoms. The maximum absolute atomic E-state index is 11.0. The molecular formula is C22H22N2O3. The molecule has 1 aromatic heterocycles. The largest absolute Gasteiger partial charge is 0.497 e. The van der Waals surface area contributed by atoms with Gasteiger partial charge in [0.25, 0.3) is 0 Å². The van der Waals surface area contributed by atoms with E-state index in [0.717, 1.165) is 48.8 Å². The molecule has 4 rings (SSSR count). The number of hydrogen-bond donors (Lipinski definition) is 2. The summed E-state index contributed by atoms with van der Waals surface area (Å²) in [6, 6.07) is 14.5. The molecule has 0 radical (unpaired) electrons. The lowest BCUT2D eigenvalue weighted by atomic mass is 9.98. The van der Waals surface area contributed by atoms with Crippen LogP contribution >= 0.6 is 0 Å². The molecule has 5 nitrogen and oxygen atoms in total. The summed E-state index contributed by atoms with van der Waals surface area (Å²) in [5.74, 6) is -0.267. The van der Waals surface area contributed by atoms with Crippen LogP contribution in [0.15, 0.2) is 48.5 Å². The summed E-state index contributed by atoms with van der Waals surface area (Å²) < 4.78 is 7.69. The predicted octanol–water partition coefficient (Wildman–Crippen LogP) is 3.56. The van der Waals surface area contributed by atoms with E-state index in [1.165, 1.54) is 16.6 Å². The number of ether oxygens (including phenoxy) is 1. The Hall–Kier alpha value is -3.05. The summed E-state index contributed by atoms with van der Waals surface area (Å²) in [5.41, 5.74) is 5.47. The van der Waals surface area contributed by atoms with Crippen LogP contribution in [0.5, 0.6) is 5.75 Å². The summed E-state index contributed by atoms with van der Waals surface area (Å²) in [6.07, 6.45) is 3.80. The molecule has 2 aromatic carbocycles. The highest BCUT2D eigenvalue weighted by atomic mass is 16.5. The second-order valence-electron chi connectivity index (χ2n) is 6.69. The third-order valence-corrected chi connectivity index (χ3v) is 5.03. The Kier molecular flexibility index (Phi) is 4.69. The van der Waals surface area contributed by atoms with E-state index in [2.05, 4.69) is 34.1 Å². The minimum atomic E-state index is -0.969. The van der Waals surface area contributed by atoms with E-state index in [9.17, 15) is 4.79 Å². The Labute approximate surface area is 157 Å². The second-order valence-corrected chi connectivity index (χ2v) is 6.69. The molecule has 0 atom stereocenters. The van der Waals surface area contributed by atoms with Crippen molar-refractivity contribution in [3.8, 4) is 16.9 Å². The molecular weight excluding hydrogens is 340 g/mol. The van der Waals surface area contributed by atoms with Crippen LogP contribution in [-0.4, -0.2) is 35.8 Å². The first-order valence-corrected chi connectivity index (χ1v) is 9.08. The summed E-state index contributed by atoms with van der Waals surface area (Å²) in [4.78, 5) is 11.0. The number of carbonyl (C=O) groups is 1. The van der Waals surface area contributed by atoms with Gasteiger partial charge in [-0.15, -0.1) is 0 Å². The van der Waals surface area contributed by atoms with E-state index in [1.54, 1.807) is 13.2 Å². The van der Waals surface area contributed by atoms with Gasteiger partial charge in [-0.05, 0) is 53.1 Å². The highest BCUT2D eigenvalue weighted by molar-refractivity contribution is 5.91. The minimum absolute atomic E-state index is 0.702. The SMILES string of the molecule is COc1ccc(-c2ccc3c(c2)cc2n3CCNCC2)c(/C=C\C(=O)O)c1. The maximum Gasteiger partial charge on any atom is 0.328 e. The molecule has 138 valence electrons. The molecule has 3 aromatic rings. The number of aliphatic carboxylic acids is 1. The van der Waals surface area contributed by atoms with E-state index in [-0.39, 0.29) is 0 Å². The quantitative estimate of drug-likeness (QED) is 0.697. The zero-order valence-electron chi connectivity index (χ0n) is 15.2. The van der Waals surface area contributed by atoms with Crippen molar-refractivity contribution in [1.82, 2.24) is 9.88 Å². The molecule has 1 aliphatic rings. The van der Waals surface area contributed by atoms with Crippen molar-refractivity contribution < 1.29 is 14.6 Å². The zero-order valence-corrected chi connectivity index (χ0v) is 15.2. The molecule has 0 saturated carbocycles. The minimum Gasteiger partial charge on any atom is -0.497 e. The Balaban J connectivity index is 1.81. The third kappa shape index (κ3) is 3.46. The zero-order chi connectivity index (χ0) is 18.8. The number of nitrogens with zero attached hydrogens (tertiary/aromatic N) is 1. The fourth-order valence-corrected chi connectivity index (χ4v) is 3.73. The number of carboxylic acid groups (broad SMARTS) is 1. The number of methoxy groups -OCH3 is 1. The van der Waals surface area contributed by atoms with Gasteiger partial charge in [-0.25, -0.2) is 4.79 Å². The number of benzene rings is 2. The van der Waals surface area contributed by atoms with Crippen LogP contribution in [0.2, 0.25) is 0 Å². The normalized spacial score (nSPS) is 14.3. The average molecular weight is 362 g/mol. The fraction of sp³-hybridized carbons (Fsp3) is 0.227. The van der Waals surface area contributed by atoms with Crippen LogP contribution in [0.25, 0.3) is 28.1 Å². The molecule has 0 aliphatic carbocycles. The molecule has 2 heterocycles. The molecule has 5 heteroatoms. The number of hydrogen-bond acceptors (Lipinski definition) is 3. The Bertz CT molecular complexity index is 1030. The number of rotatable bonds is 4. The van der Waals surface area contributed by atoms with Gasteiger partial charge >= 0.3 is 5.97 Å². The summed E-state index contributed by atoms with van der Waals surface area (Å²) in [7, 11) is 1.61. The van der Waals surface area contributed by atoms with Crippen molar-refractivity contribution in [2.45, 2.75) is 13.0 Å². The van der Waals surface area contributed by atoms with Crippen molar-refractivity contribution in [3.63, 3.8) is 0 Å². The van der Waals surface area contributed by atoms with Gasteiger partial charge < -0.3 is 19.7 Å². The van der Waals surface area contributed by atoms with Gasteiger partial charge in [0.1, 0.15) is 5.75 Å². The van der Waals surface area contributed by atoms with Crippen molar-refractivity contribution in [2.75, 3.05) is 20.2 Å². The average Bonchev–Trinajstić information content (AvgIpc) is 2.85. The van der Waals surface area contributed by atoms with Gasteiger partial charge in [0.05, 0.1) is 7.11 Å². The molecule has 1 aliphatic heterocycles. The van der Waals surface area contributed by atoms with E-state index in [4.69, 9.17) is 9.84 Å². The van der Waals surface area contributed by atoms with Crippen LogP contribution in [0.1, 0.15) is 11.3 Å². The van der Waals surface area contributed by atoms with E-state index < -0.39 is 5.97 Å². The predicted molar refractivity (Wildman–Crippen MR) is 107 cm³/mol. The van der Waals surface area contributed by atoms with Crippen LogP contribution in [0.3, 0.4) is 0 Å². The Morgan fingerprint density at radius 1 is 1.19 bits per heavy atom. The number of aromatic nitrogens is 1. The number of carboxylic acids is 1. The van der Waals surface area contributed by atoms with Gasteiger partial charge in [-0.1, -0.05) is 12.1 Å². The monoisotopic (exact) mass is 362 g/mol. The van der Waals surface area contributed by atoms with Gasteiger partial charge in [-0.3, -0.25) is 0 Å². The number of fused-ring (bicyclic) bond motifs is 3. The molecule has 0 unspecified atom stereocenters. The molecule has 27 heavy (non-hydrogen) atoms. The highest BCUT2D eigenvalue weighted by Gasteiger charge is 2.13. The third-order valence-electron chi connectivity index (χ3n) is 5.03. The summed E-state index contributed by atoms with van der Waals surface area (Å²) >= 11 is 0. The Morgan fingerprint density at radius 3 is 2.89 bits per heavy atom. The standard InChI is InChI=1S/C22H22N2O3/c1-27-19-4-5-20(16(14-19)3-7-22(25)26)15-2-6-21-17(12-15)13-18-8-9-23-10-11-24(18)21/h2-7,12-14,23H,8-11H2,1H3,(H,25,26)/b7-3-. The lowest BCUT2D eigenvalue weighted by molar-refractivity contribution is -0.131. The second kappa shape index (κ2) is 7.29. The molecule has 2 N–H and O–H groups in total. The number of nitrogens with one attached hydrogen (secondary N) is 1. The summed E-state index contributed by atoms with van der Waals surface area (Å²) in [5, 5.41) is 13.6. The maximum atomic E-state index is 11.0. The van der Waals surface area contributed by atoms with Crippen LogP contribution < -0.4 is 10.1 Å². The van der Waals surface area contributed by atoms with E-state index in [0.29, 0.717) is 5.75 Å². The fourth-order valence-electron chi connectivity index (χ4n) is 3.73. The van der Waals surface area contributed by atoms with Crippen molar-refractivity contribution in [3.05, 3.63) is 59.8 Å². The molecule has 0 saturated heterocycles. The van der Waals surface area contributed by atoms with Crippen molar-refractivity contribution >= 4 is 22.9 Å². The van der Waals surface area contributed by atoms with Crippen LogP contribution in [0, 0.1) is 0 Å². The lowest BCUT2D eigenvalue weighted by Gasteiger charge is -2.10. The summed E-state index contributed by atoms with van der Waals surface area (Å²) in [6.45, 7) is 2.97. The van der Waals surface area contributed by atoms with Gasteiger partial charge in [0.15, 0.2) is 0 Å². The lowest BCUT2D eigenvalue weighted by Crippen LogP contribution is -2.17. The van der Waals surface area contributed by atoms with Gasteiger partial charge in [0.2, 0.25) is 0 Å². The Morgan fingerprint density at radius 2 is 2.07 bits per heavy atom. The first kappa shape index (κ1) is 17.4.